The highest BCUT2D eigenvalue weighted by Gasteiger charge is 2.11. The zero-order chi connectivity index (χ0) is 13.8. The smallest absolute Gasteiger partial charge is 0.258 e. The van der Waals surface area contributed by atoms with Crippen LogP contribution < -0.4 is 0 Å². The molecular weight excluding hydrogens is 264 g/mol. The van der Waals surface area contributed by atoms with E-state index in [4.69, 9.17) is 11.6 Å². The number of nitro benzene ring substituents is 1. The van der Waals surface area contributed by atoms with Crippen LogP contribution in [0.3, 0.4) is 0 Å². The number of aryl methyl sites for hydroxylation is 1. The standard InChI is InChI=1S/C14H11ClN2O2/c1-10-3-2-4-11(7-10)9-16-12-5-6-13(15)14(8-12)17(18)19/h2-9H,1H3. The van der Waals surface area contributed by atoms with Gasteiger partial charge in [-0.05, 0) is 24.6 Å². The summed E-state index contributed by atoms with van der Waals surface area (Å²) < 4.78 is 0. The topological polar surface area (TPSA) is 55.5 Å². The van der Waals surface area contributed by atoms with Crippen molar-refractivity contribution in [3.63, 3.8) is 0 Å². The first-order valence-corrected chi connectivity index (χ1v) is 5.99. The number of halogens is 1. The number of nitro groups is 1. The van der Waals surface area contributed by atoms with E-state index in [2.05, 4.69) is 4.99 Å². The van der Waals surface area contributed by atoms with E-state index in [-0.39, 0.29) is 10.7 Å². The predicted molar refractivity (Wildman–Crippen MR) is 76.5 cm³/mol. The van der Waals surface area contributed by atoms with Gasteiger partial charge < -0.3 is 0 Å². The third-order valence-corrected chi connectivity index (χ3v) is 2.85. The van der Waals surface area contributed by atoms with Crippen LogP contribution in [0.15, 0.2) is 47.5 Å². The molecular formula is C14H11ClN2O2. The highest BCUT2D eigenvalue weighted by molar-refractivity contribution is 6.32. The number of aliphatic imine (C=N–C) groups is 1. The Labute approximate surface area is 115 Å². The monoisotopic (exact) mass is 274 g/mol. The fraction of sp³-hybridized carbons (Fsp3) is 0.0714. The van der Waals surface area contributed by atoms with E-state index in [0.717, 1.165) is 11.1 Å². The maximum Gasteiger partial charge on any atom is 0.290 e. The van der Waals surface area contributed by atoms with Gasteiger partial charge in [0.05, 0.1) is 10.6 Å². The Kier molecular flexibility index (Phi) is 3.92. The number of rotatable bonds is 3. The molecule has 96 valence electrons. The lowest BCUT2D eigenvalue weighted by Gasteiger charge is -1.98. The molecule has 0 atom stereocenters. The SMILES string of the molecule is Cc1cccc(C=Nc2ccc(Cl)c([N+](=O)[O-])c2)c1. The minimum absolute atomic E-state index is 0.111. The molecule has 0 radical (unpaired) electrons. The van der Waals surface area contributed by atoms with Crippen molar-refractivity contribution in [3.05, 3.63) is 68.7 Å². The van der Waals surface area contributed by atoms with Crippen LogP contribution in [0.1, 0.15) is 11.1 Å². The molecule has 0 saturated carbocycles. The van der Waals surface area contributed by atoms with Gasteiger partial charge in [0.1, 0.15) is 5.02 Å². The molecule has 2 aromatic rings. The fourth-order valence-electron chi connectivity index (χ4n) is 1.62. The lowest BCUT2D eigenvalue weighted by molar-refractivity contribution is -0.384. The van der Waals surface area contributed by atoms with Crippen LogP contribution in [0.4, 0.5) is 11.4 Å². The zero-order valence-corrected chi connectivity index (χ0v) is 11.0. The lowest BCUT2D eigenvalue weighted by Crippen LogP contribution is -1.88. The van der Waals surface area contributed by atoms with E-state index in [9.17, 15) is 10.1 Å². The summed E-state index contributed by atoms with van der Waals surface area (Å²) in [6, 6.07) is 12.3. The van der Waals surface area contributed by atoms with Crippen molar-refractivity contribution >= 4 is 29.2 Å². The normalized spacial score (nSPS) is 10.8. The van der Waals surface area contributed by atoms with Crippen LogP contribution >= 0.6 is 11.6 Å². The minimum atomic E-state index is -0.520. The summed E-state index contributed by atoms with van der Waals surface area (Å²) in [6.45, 7) is 1.99. The second kappa shape index (κ2) is 5.63. The molecule has 0 bridgehead atoms. The van der Waals surface area contributed by atoms with Gasteiger partial charge in [-0.2, -0.15) is 0 Å². The van der Waals surface area contributed by atoms with Gasteiger partial charge in [-0.25, -0.2) is 0 Å². The van der Waals surface area contributed by atoms with Gasteiger partial charge in [-0.3, -0.25) is 15.1 Å². The summed E-state index contributed by atoms with van der Waals surface area (Å²) in [7, 11) is 0. The third kappa shape index (κ3) is 3.39. The number of hydrogen-bond donors (Lipinski definition) is 0. The summed E-state index contributed by atoms with van der Waals surface area (Å²) in [5.41, 5.74) is 2.43. The van der Waals surface area contributed by atoms with E-state index in [1.54, 1.807) is 12.3 Å². The van der Waals surface area contributed by atoms with Crippen molar-refractivity contribution in [2.75, 3.05) is 0 Å². The van der Waals surface area contributed by atoms with Crippen molar-refractivity contribution in [2.45, 2.75) is 6.92 Å². The molecule has 0 aliphatic carbocycles. The molecule has 4 nitrogen and oxygen atoms in total. The maximum absolute atomic E-state index is 10.8. The molecule has 0 saturated heterocycles. The van der Waals surface area contributed by atoms with Gasteiger partial charge in [0.25, 0.3) is 5.69 Å². The van der Waals surface area contributed by atoms with Gasteiger partial charge in [0.2, 0.25) is 0 Å². The van der Waals surface area contributed by atoms with Crippen molar-refractivity contribution in [2.24, 2.45) is 4.99 Å². The summed E-state index contributed by atoms with van der Waals surface area (Å²) in [4.78, 5) is 14.5. The average molecular weight is 275 g/mol. The average Bonchev–Trinajstić information content (AvgIpc) is 2.37. The zero-order valence-electron chi connectivity index (χ0n) is 10.2. The minimum Gasteiger partial charge on any atom is -0.258 e. The van der Waals surface area contributed by atoms with Crippen LogP contribution in [-0.2, 0) is 0 Å². The van der Waals surface area contributed by atoms with Gasteiger partial charge in [0.15, 0.2) is 0 Å². The van der Waals surface area contributed by atoms with Gasteiger partial charge >= 0.3 is 0 Å². The van der Waals surface area contributed by atoms with E-state index >= 15 is 0 Å². The quantitative estimate of drug-likeness (QED) is 0.476. The molecule has 2 aromatic carbocycles. The number of hydrogen-bond acceptors (Lipinski definition) is 3. The van der Waals surface area contributed by atoms with Gasteiger partial charge in [-0.15, -0.1) is 0 Å². The summed E-state index contributed by atoms with van der Waals surface area (Å²) in [5, 5.41) is 10.9. The molecule has 19 heavy (non-hydrogen) atoms. The largest absolute Gasteiger partial charge is 0.290 e. The molecule has 0 fully saturated rings. The number of nitrogens with zero attached hydrogens (tertiary/aromatic N) is 2. The van der Waals surface area contributed by atoms with Crippen LogP contribution in [-0.4, -0.2) is 11.1 Å². The van der Waals surface area contributed by atoms with E-state index in [1.165, 1.54) is 12.1 Å². The maximum atomic E-state index is 10.8. The van der Waals surface area contributed by atoms with Crippen molar-refractivity contribution < 1.29 is 4.92 Å². The molecule has 0 aliphatic rings. The Morgan fingerprint density at radius 3 is 2.74 bits per heavy atom. The van der Waals surface area contributed by atoms with Crippen LogP contribution in [0.25, 0.3) is 0 Å². The summed E-state index contributed by atoms with van der Waals surface area (Å²) >= 11 is 5.74. The second-order valence-electron chi connectivity index (χ2n) is 4.07. The molecule has 5 heteroatoms. The van der Waals surface area contributed by atoms with Crippen molar-refractivity contribution in [1.82, 2.24) is 0 Å². The van der Waals surface area contributed by atoms with Gasteiger partial charge in [-0.1, -0.05) is 41.4 Å². The molecule has 0 aromatic heterocycles. The summed E-state index contributed by atoms with van der Waals surface area (Å²) in [5.74, 6) is 0. The molecule has 0 amide bonds. The third-order valence-electron chi connectivity index (χ3n) is 2.53. The van der Waals surface area contributed by atoms with Crippen molar-refractivity contribution in [3.8, 4) is 0 Å². The first-order valence-electron chi connectivity index (χ1n) is 5.61. The molecule has 0 N–H and O–H groups in total. The number of benzene rings is 2. The van der Waals surface area contributed by atoms with Crippen molar-refractivity contribution in [1.29, 1.82) is 0 Å². The van der Waals surface area contributed by atoms with Crippen LogP contribution in [0, 0.1) is 17.0 Å². The molecule has 0 aliphatic heterocycles. The van der Waals surface area contributed by atoms with Crippen LogP contribution in [0.5, 0.6) is 0 Å². The van der Waals surface area contributed by atoms with E-state index < -0.39 is 4.92 Å². The first-order chi connectivity index (χ1) is 9.06. The molecule has 2 rings (SSSR count). The Bertz CT molecular complexity index is 654. The highest BCUT2D eigenvalue weighted by atomic mass is 35.5. The highest BCUT2D eigenvalue weighted by Crippen LogP contribution is 2.28. The molecule has 0 unspecified atom stereocenters. The van der Waals surface area contributed by atoms with Crippen LogP contribution in [0.2, 0.25) is 5.02 Å². The fourth-order valence-corrected chi connectivity index (χ4v) is 1.81. The Balaban J connectivity index is 2.29. The Hall–Kier alpha value is -2.20. The Morgan fingerprint density at radius 2 is 2.05 bits per heavy atom. The second-order valence-corrected chi connectivity index (χ2v) is 4.47. The first kappa shape index (κ1) is 13.2. The predicted octanol–water partition coefficient (Wildman–Crippen LogP) is 4.31. The van der Waals surface area contributed by atoms with E-state index in [1.807, 2.05) is 31.2 Å². The van der Waals surface area contributed by atoms with Gasteiger partial charge in [0, 0.05) is 12.3 Å². The molecule has 0 spiro atoms. The Morgan fingerprint density at radius 1 is 1.26 bits per heavy atom. The van der Waals surface area contributed by atoms with E-state index in [0.29, 0.717) is 5.69 Å². The molecule has 0 heterocycles. The summed E-state index contributed by atoms with van der Waals surface area (Å²) in [6.07, 6.45) is 1.67. The lowest BCUT2D eigenvalue weighted by atomic mass is 10.1.